The largest absolute Gasteiger partial charge is 0.454 e. The first-order valence-corrected chi connectivity index (χ1v) is 10.6. The Morgan fingerprint density at radius 2 is 1.66 bits per heavy atom. The van der Waals surface area contributed by atoms with E-state index >= 15 is 0 Å². The van der Waals surface area contributed by atoms with E-state index in [9.17, 15) is 22.4 Å². The van der Waals surface area contributed by atoms with Crippen molar-refractivity contribution in [1.82, 2.24) is 4.31 Å². The number of nitrogens with zero attached hydrogens (tertiary/aromatic N) is 1. The average molecular weight is 421 g/mol. The van der Waals surface area contributed by atoms with Crippen LogP contribution in [0.15, 0.2) is 41.3 Å². The van der Waals surface area contributed by atoms with Crippen LogP contribution in [0.4, 0.5) is 4.39 Å². The Morgan fingerprint density at radius 3 is 2.24 bits per heavy atom. The van der Waals surface area contributed by atoms with Crippen molar-refractivity contribution in [3.63, 3.8) is 0 Å². The lowest BCUT2D eigenvalue weighted by molar-refractivity contribution is 0.0469. The number of ketones is 1. The van der Waals surface area contributed by atoms with Crippen LogP contribution >= 0.6 is 0 Å². The summed E-state index contributed by atoms with van der Waals surface area (Å²) in [7, 11) is -3.87. The molecule has 0 saturated heterocycles. The van der Waals surface area contributed by atoms with Crippen LogP contribution in [0.2, 0.25) is 0 Å². The molecule has 0 aliphatic carbocycles. The van der Waals surface area contributed by atoms with Gasteiger partial charge in [0.2, 0.25) is 15.8 Å². The quantitative estimate of drug-likeness (QED) is 0.481. The second-order valence-corrected chi connectivity index (χ2v) is 8.49. The van der Waals surface area contributed by atoms with Crippen LogP contribution in [0.25, 0.3) is 0 Å². The summed E-state index contributed by atoms with van der Waals surface area (Å²) in [6.07, 6.45) is 0. The molecule has 0 amide bonds. The highest BCUT2D eigenvalue weighted by Crippen LogP contribution is 2.20. The van der Waals surface area contributed by atoms with E-state index in [1.165, 1.54) is 4.31 Å². The van der Waals surface area contributed by atoms with Gasteiger partial charge in [-0.1, -0.05) is 37.6 Å². The van der Waals surface area contributed by atoms with Crippen LogP contribution in [0, 0.1) is 19.7 Å². The van der Waals surface area contributed by atoms with Crippen molar-refractivity contribution >= 4 is 21.8 Å². The van der Waals surface area contributed by atoms with Gasteiger partial charge in [-0.2, -0.15) is 4.31 Å². The summed E-state index contributed by atoms with van der Waals surface area (Å²) < 4.78 is 45.5. The fourth-order valence-corrected chi connectivity index (χ4v) is 4.43. The maximum atomic E-state index is 14.1. The molecule has 0 bridgehead atoms. The average Bonchev–Trinajstić information content (AvgIpc) is 2.66. The minimum atomic E-state index is -3.87. The van der Waals surface area contributed by atoms with E-state index in [0.717, 1.165) is 29.3 Å². The molecule has 0 aromatic heterocycles. The number of esters is 1. The number of halogens is 1. The lowest BCUT2D eigenvalue weighted by Crippen LogP contribution is -2.30. The minimum Gasteiger partial charge on any atom is -0.454 e. The maximum Gasteiger partial charge on any atom is 0.341 e. The molecule has 0 aliphatic rings. The molecule has 0 heterocycles. The number of ether oxygens (including phenoxy) is 1. The van der Waals surface area contributed by atoms with E-state index in [-0.39, 0.29) is 18.0 Å². The van der Waals surface area contributed by atoms with Gasteiger partial charge in [-0.05, 0) is 37.6 Å². The number of sulfonamides is 1. The zero-order valence-electron chi connectivity index (χ0n) is 16.9. The highest BCUT2D eigenvalue weighted by Gasteiger charge is 2.25. The molecular formula is C21H24FNO5S. The third-order valence-electron chi connectivity index (χ3n) is 4.52. The fourth-order valence-electron chi connectivity index (χ4n) is 2.95. The number of hydrogen-bond donors (Lipinski definition) is 0. The molecular weight excluding hydrogens is 397 g/mol. The summed E-state index contributed by atoms with van der Waals surface area (Å²) >= 11 is 0. The van der Waals surface area contributed by atoms with Crippen molar-refractivity contribution in [2.45, 2.75) is 32.6 Å². The van der Waals surface area contributed by atoms with Gasteiger partial charge in [-0.3, -0.25) is 4.79 Å². The molecule has 0 spiro atoms. The van der Waals surface area contributed by atoms with Crippen molar-refractivity contribution in [1.29, 1.82) is 0 Å². The summed E-state index contributed by atoms with van der Waals surface area (Å²) in [4.78, 5) is 24.4. The van der Waals surface area contributed by atoms with Gasteiger partial charge in [0, 0.05) is 18.7 Å². The lowest BCUT2D eigenvalue weighted by Gasteiger charge is -2.18. The predicted molar refractivity (Wildman–Crippen MR) is 107 cm³/mol. The second-order valence-electron chi connectivity index (χ2n) is 6.55. The number of benzene rings is 2. The minimum absolute atomic E-state index is 0.213. The Hall–Kier alpha value is -2.58. The van der Waals surface area contributed by atoms with E-state index in [2.05, 4.69) is 0 Å². The maximum absolute atomic E-state index is 14.1. The lowest BCUT2D eigenvalue weighted by atomic mass is 10.0. The van der Waals surface area contributed by atoms with Crippen LogP contribution in [-0.4, -0.2) is 44.2 Å². The Labute approximate surface area is 170 Å². The van der Waals surface area contributed by atoms with Gasteiger partial charge < -0.3 is 4.74 Å². The number of carbonyl (C=O) groups is 2. The number of carbonyl (C=O) groups excluding carboxylic acids is 2. The fraction of sp³-hybridized carbons (Fsp3) is 0.333. The number of hydrogen-bond acceptors (Lipinski definition) is 5. The molecule has 6 nitrogen and oxygen atoms in total. The second kappa shape index (κ2) is 9.28. The number of aryl methyl sites for hydroxylation is 2. The molecule has 0 fully saturated rings. The van der Waals surface area contributed by atoms with Crippen LogP contribution in [0.1, 0.15) is 45.7 Å². The molecule has 2 rings (SSSR count). The first kappa shape index (κ1) is 22.7. The highest BCUT2D eigenvalue weighted by atomic mass is 32.2. The Kier molecular flexibility index (Phi) is 7.26. The first-order valence-electron chi connectivity index (χ1n) is 9.19. The molecule has 0 radical (unpaired) electrons. The molecule has 0 saturated carbocycles. The molecule has 29 heavy (non-hydrogen) atoms. The molecule has 0 aliphatic heterocycles. The highest BCUT2D eigenvalue weighted by molar-refractivity contribution is 7.89. The van der Waals surface area contributed by atoms with Crippen LogP contribution in [0.5, 0.6) is 0 Å². The van der Waals surface area contributed by atoms with Crippen molar-refractivity contribution in [2.75, 3.05) is 19.7 Å². The summed E-state index contributed by atoms with van der Waals surface area (Å²) in [5.74, 6) is -2.45. The molecule has 8 heteroatoms. The normalized spacial score (nSPS) is 11.5. The van der Waals surface area contributed by atoms with Crippen molar-refractivity contribution in [3.05, 3.63) is 64.5 Å². The monoisotopic (exact) mass is 421 g/mol. The van der Waals surface area contributed by atoms with Gasteiger partial charge in [0.05, 0.1) is 10.5 Å². The van der Waals surface area contributed by atoms with E-state index in [0.29, 0.717) is 5.56 Å². The smallest absolute Gasteiger partial charge is 0.341 e. The SMILES string of the molecule is CCN(CC)S(=O)(=O)c1ccc(F)c(C(=O)OCC(=O)c2ccc(C)cc2C)c1. The van der Waals surface area contributed by atoms with E-state index in [1.54, 1.807) is 32.9 Å². The summed E-state index contributed by atoms with van der Waals surface area (Å²) in [6.45, 7) is 6.92. The van der Waals surface area contributed by atoms with Crippen molar-refractivity contribution in [2.24, 2.45) is 0 Å². The Bertz CT molecular complexity index is 1030. The van der Waals surface area contributed by atoms with Gasteiger partial charge in [0.25, 0.3) is 0 Å². The standard InChI is InChI=1S/C21H24FNO5S/c1-5-23(6-2)29(26,27)16-8-10-19(22)18(12-16)21(25)28-13-20(24)17-9-7-14(3)11-15(17)4/h7-12H,5-6,13H2,1-4H3. The first-order chi connectivity index (χ1) is 13.6. The van der Waals surface area contributed by atoms with Gasteiger partial charge in [0.15, 0.2) is 6.61 Å². The number of rotatable bonds is 8. The van der Waals surface area contributed by atoms with Crippen LogP contribution in [-0.2, 0) is 14.8 Å². The summed E-state index contributed by atoms with van der Waals surface area (Å²) in [5, 5.41) is 0. The molecule has 2 aromatic carbocycles. The van der Waals surface area contributed by atoms with Crippen molar-refractivity contribution in [3.8, 4) is 0 Å². The third kappa shape index (κ3) is 5.07. The van der Waals surface area contributed by atoms with E-state index in [1.807, 2.05) is 13.0 Å². The molecule has 0 atom stereocenters. The molecule has 156 valence electrons. The van der Waals surface area contributed by atoms with Gasteiger partial charge in [-0.15, -0.1) is 0 Å². The van der Waals surface area contributed by atoms with E-state index in [4.69, 9.17) is 4.74 Å². The number of Topliss-reactive ketones (excluding diaryl/α,β-unsaturated/α-hetero) is 1. The Balaban J connectivity index is 2.22. The predicted octanol–water partition coefficient (Wildman–Crippen LogP) is 3.51. The van der Waals surface area contributed by atoms with Gasteiger partial charge in [-0.25, -0.2) is 17.6 Å². The summed E-state index contributed by atoms with van der Waals surface area (Å²) in [5.41, 5.74) is 1.60. The molecule has 0 unspecified atom stereocenters. The Morgan fingerprint density at radius 1 is 1.00 bits per heavy atom. The zero-order valence-corrected chi connectivity index (χ0v) is 17.7. The van der Waals surface area contributed by atoms with E-state index < -0.39 is 39.8 Å². The third-order valence-corrected chi connectivity index (χ3v) is 6.56. The molecule has 0 N–H and O–H groups in total. The van der Waals surface area contributed by atoms with Gasteiger partial charge in [0.1, 0.15) is 5.82 Å². The van der Waals surface area contributed by atoms with Crippen molar-refractivity contribution < 1.29 is 27.1 Å². The van der Waals surface area contributed by atoms with Crippen LogP contribution < -0.4 is 0 Å². The topological polar surface area (TPSA) is 80.8 Å². The zero-order chi connectivity index (χ0) is 21.8. The molecule has 2 aromatic rings. The summed E-state index contributed by atoms with van der Waals surface area (Å²) in [6, 6.07) is 8.17. The van der Waals surface area contributed by atoms with Gasteiger partial charge >= 0.3 is 5.97 Å². The van der Waals surface area contributed by atoms with Crippen LogP contribution in [0.3, 0.4) is 0 Å².